The number of aryl methyl sites for hydroxylation is 1. The number of thiophene rings is 1. The summed E-state index contributed by atoms with van der Waals surface area (Å²) in [4.78, 5) is 14.3. The van der Waals surface area contributed by atoms with Crippen molar-refractivity contribution in [1.82, 2.24) is 14.9 Å². The average molecular weight is 290 g/mol. The van der Waals surface area contributed by atoms with E-state index < -0.39 is 0 Å². The normalized spacial score (nSPS) is 17.8. The van der Waals surface area contributed by atoms with Gasteiger partial charge in [-0.25, -0.2) is 4.68 Å². The molecule has 1 atom stereocenters. The molecule has 0 aromatic carbocycles. The fourth-order valence-corrected chi connectivity index (χ4v) is 3.89. The first-order chi connectivity index (χ1) is 9.76. The van der Waals surface area contributed by atoms with Gasteiger partial charge in [0.05, 0.1) is 4.88 Å². The van der Waals surface area contributed by atoms with E-state index in [2.05, 4.69) is 28.6 Å². The predicted molar refractivity (Wildman–Crippen MR) is 78.5 cm³/mol. The van der Waals surface area contributed by atoms with Crippen molar-refractivity contribution >= 4 is 17.2 Å². The van der Waals surface area contributed by atoms with Gasteiger partial charge < -0.3 is 0 Å². The van der Waals surface area contributed by atoms with Gasteiger partial charge in [0.2, 0.25) is 0 Å². The minimum Gasteiger partial charge on any atom is -0.266 e. The standard InChI is InChI=1S/C14H18N4OS/c1-2-3-10-4-5-12-11(6-10)7-13(20-12)14(19)17-18-8-15-16-9-18/h7-10H,2-6H2,1H3,(H,17,19)/t10-/m0/s1. The second kappa shape index (κ2) is 5.75. The Bertz CT molecular complexity index is 590. The number of carbonyl (C=O) groups is 1. The third-order valence-corrected chi connectivity index (χ3v) is 4.99. The van der Waals surface area contributed by atoms with Crippen molar-refractivity contribution < 1.29 is 4.79 Å². The summed E-state index contributed by atoms with van der Waals surface area (Å²) < 4.78 is 1.47. The van der Waals surface area contributed by atoms with E-state index in [0.717, 1.165) is 23.6 Å². The molecular formula is C14H18N4OS. The van der Waals surface area contributed by atoms with Crippen LogP contribution in [0, 0.1) is 5.92 Å². The van der Waals surface area contributed by atoms with E-state index in [9.17, 15) is 4.79 Å². The molecule has 0 saturated heterocycles. The van der Waals surface area contributed by atoms with E-state index in [1.807, 2.05) is 0 Å². The van der Waals surface area contributed by atoms with Gasteiger partial charge in [0.25, 0.3) is 5.91 Å². The molecule has 0 fully saturated rings. The fraction of sp³-hybridized carbons (Fsp3) is 0.500. The summed E-state index contributed by atoms with van der Waals surface area (Å²) in [5.74, 6) is 0.701. The summed E-state index contributed by atoms with van der Waals surface area (Å²) in [7, 11) is 0. The smallest absolute Gasteiger partial charge is 0.266 e. The van der Waals surface area contributed by atoms with Crippen LogP contribution in [0.3, 0.4) is 0 Å². The molecule has 0 radical (unpaired) electrons. The molecular weight excluding hydrogens is 272 g/mol. The number of hydrogen-bond acceptors (Lipinski definition) is 4. The zero-order chi connectivity index (χ0) is 13.9. The Kier molecular flexibility index (Phi) is 3.82. The highest BCUT2D eigenvalue weighted by Gasteiger charge is 2.22. The highest BCUT2D eigenvalue weighted by atomic mass is 32.1. The van der Waals surface area contributed by atoms with E-state index in [4.69, 9.17) is 0 Å². The second-order valence-electron chi connectivity index (χ2n) is 5.27. The van der Waals surface area contributed by atoms with Crippen LogP contribution in [0.4, 0.5) is 0 Å². The fourth-order valence-electron chi connectivity index (χ4n) is 2.80. The van der Waals surface area contributed by atoms with E-state index in [1.165, 1.54) is 47.0 Å². The molecule has 1 aliphatic carbocycles. The number of nitrogens with one attached hydrogen (secondary N) is 1. The maximum absolute atomic E-state index is 12.2. The summed E-state index contributed by atoms with van der Waals surface area (Å²) in [5.41, 5.74) is 4.12. The van der Waals surface area contributed by atoms with Crippen LogP contribution in [0.2, 0.25) is 0 Å². The van der Waals surface area contributed by atoms with Crippen molar-refractivity contribution in [3.05, 3.63) is 34.0 Å². The quantitative estimate of drug-likeness (QED) is 0.941. The van der Waals surface area contributed by atoms with Crippen molar-refractivity contribution in [3.63, 3.8) is 0 Å². The lowest BCUT2D eigenvalue weighted by molar-refractivity contribution is 0.101. The van der Waals surface area contributed by atoms with E-state index in [0.29, 0.717) is 0 Å². The maximum Gasteiger partial charge on any atom is 0.280 e. The average Bonchev–Trinajstić information content (AvgIpc) is 3.07. The molecule has 2 aromatic heterocycles. The van der Waals surface area contributed by atoms with Gasteiger partial charge in [-0.2, -0.15) is 0 Å². The number of carbonyl (C=O) groups excluding carboxylic acids is 1. The van der Waals surface area contributed by atoms with Crippen molar-refractivity contribution in [2.24, 2.45) is 5.92 Å². The van der Waals surface area contributed by atoms with Crippen LogP contribution in [-0.4, -0.2) is 20.8 Å². The molecule has 1 N–H and O–H groups in total. The number of hydrogen-bond donors (Lipinski definition) is 1. The molecule has 0 unspecified atom stereocenters. The molecule has 2 heterocycles. The molecule has 0 saturated carbocycles. The second-order valence-corrected chi connectivity index (χ2v) is 6.40. The summed E-state index contributed by atoms with van der Waals surface area (Å²) in [6, 6.07) is 2.06. The van der Waals surface area contributed by atoms with Crippen molar-refractivity contribution in [3.8, 4) is 0 Å². The van der Waals surface area contributed by atoms with Gasteiger partial charge in [-0.15, -0.1) is 21.5 Å². The van der Waals surface area contributed by atoms with Crippen LogP contribution < -0.4 is 5.43 Å². The van der Waals surface area contributed by atoms with Crippen molar-refractivity contribution in [2.45, 2.75) is 39.0 Å². The number of amides is 1. The molecule has 20 heavy (non-hydrogen) atoms. The molecule has 6 heteroatoms. The molecule has 3 rings (SSSR count). The van der Waals surface area contributed by atoms with Crippen LogP contribution in [0.25, 0.3) is 0 Å². The Balaban J connectivity index is 1.71. The highest BCUT2D eigenvalue weighted by molar-refractivity contribution is 7.14. The predicted octanol–water partition coefficient (Wildman–Crippen LogP) is 2.63. The zero-order valence-electron chi connectivity index (χ0n) is 11.5. The molecule has 0 spiro atoms. The van der Waals surface area contributed by atoms with Gasteiger partial charge >= 0.3 is 0 Å². The lowest BCUT2D eigenvalue weighted by Crippen LogP contribution is -2.20. The monoisotopic (exact) mass is 290 g/mol. The Morgan fingerprint density at radius 3 is 3.05 bits per heavy atom. The third-order valence-electron chi connectivity index (χ3n) is 3.75. The minimum atomic E-state index is -0.0868. The van der Waals surface area contributed by atoms with Crippen LogP contribution in [0.5, 0.6) is 0 Å². The summed E-state index contributed by atoms with van der Waals surface area (Å²) in [5, 5.41) is 7.33. The number of nitrogens with zero attached hydrogens (tertiary/aromatic N) is 3. The van der Waals surface area contributed by atoms with E-state index in [-0.39, 0.29) is 5.91 Å². The van der Waals surface area contributed by atoms with E-state index in [1.54, 1.807) is 11.3 Å². The Hall–Kier alpha value is -1.69. The Morgan fingerprint density at radius 1 is 1.50 bits per heavy atom. The molecule has 2 aromatic rings. The van der Waals surface area contributed by atoms with Gasteiger partial charge in [-0.1, -0.05) is 19.8 Å². The largest absolute Gasteiger partial charge is 0.280 e. The first-order valence-corrected chi connectivity index (χ1v) is 7.85. The van der Waals surface area contributed by atoms with Crippen LogP contribution in [-0.2, 0) is 12.8 Å². The summed E-state index contributed by atoms with van der Waals surface area (Å²) in [6.07, 6.45) is 8.98. The zero-order valence-corrected chi connectivity index (χ0v) is 12.3. The number of aromatic nitrogens is 3. The summed E-state index contributed by atoms with van der Waals surface area (Å²) >= 11 is 1.62. The SMILES string of the molecule is CCC[C@H]1CCc2sc(C(=O)Nn3cnnc3)cc2C1. The number of rotatable bonds is 4. The Labute approximate surface area is 122 Å². The minimum absolute atomic E-state index is 0.0868. The summed E-state index contributed by atoms with van der Waals surface area (Å²) in [6.45, 7) is 2.24. The molecule has 1 amide bonds. The van der Waals surface area contributed by atoms with Crippen molar-refractivity contribution in [2.75, 3.05) is 5.43 Å². The van der Waals surface area contributed by atoms with Crippen LogP contribution >= 0.6 is 11.3 Å². The van der Waals surface area contributed by atoms with Crippen LogP contribution in [0.1, 0.15) is 46.3 Å². The number of fused-ring (bicyclic) bond motifs is 1. The highest BCUT2D eigenvalue weighted by Crippen LogP contribution is 2.34. The van der Waals surface area contributed by atoms with Gasteiger partial charge in [0.15, 0.2) is 0 Å². The molecule has 1 aliphatic rings. The van der Waals surface area contributed by atoms with Gasteiger partial charge in [0.1, 0.15) is 12.7 Å². The van der Waals surface area contributed by atoms with Crippen LogP contribution in [0.15, 0.2) is 18.7 Å². The topological polar surface area (TPSA) is 59.8 Å². The van der Waals surface area contributed by atoms with Gasteiger partial charge in [-0.3, -0.25) is 10.2 Å². The first-order valence-electron chi connectivity index (χ1n) is 7.04. The first kappa shape index (κ1) is 13.3. The van der Waals surface area contributed by atoms with Crippen molar-refractivity contribution in [1.29, 1.82) is 0 Å². The molecule has 0 bridgehead atoms. The van der Waals surface area contributed by atoms with E-state index >= 15 is 0 Å². The van der Waals surface area contributed by atoms with Gasteiger partial charge in [-0.05, 0) is 36.8 Å². The van der Waals surface area contributed by atoms with Gasteiger partial charge in [0, 0.05) is 4.88 Å². The third kappa shape index (κ3) is 2.75. The molecule has 5 nitrogen and oxygen atoms in total. The Morgan fingerprint density at radius 2 is 2.30 bits per heavy atom. The maximum atomic E-state index is 12.2. The molecule has 0 aliphatic heterocycles. The lowest BCUT2D eigenvalue weighted by Gasteiger charge is -2.21. The lowest BCUT2D eigenvalue weighted by atomic mass is 9.85. The molecule has 106 valence electrons.